The molecule has 0 aromatic rings. The molecule has 0 saturated heterocycles. The van der Waals surface area contributed by atoms with Gasteiger partial charge in [-0.1, -0.05) is 20.8 Å². The maximum absolute atomic E-state index is 4.22. The number of nitrogens with one attached hydrogen (secondary N) is 2. The molecule has 1 unspecified atom stereocenters. The quantitative estimate of drug-likeness (QED) is 0.515. The van der Waals surface area contributed by atoms with E-state index in [2.05, 4.69) is 55.3 Å². The van der Waals surface area contributed by atoms with Crippen molar-refractivity contribution in [3.63, 3.8) is 0 Å². The van der Waals surface area contributed by atoms with Gasteiger partial charge in [0.15, 0.2) is 5.96 Å². The Morgan fingerprint density at radius 2 is 1.78 bits per heavy atom. The fraction of sp³-hybridized carbons (Fsp3) is 0.929. The van der Waals surface area contributed by atoms with Gasteiger partial charge >= 0.3 is 0 Å². The normalized spacial score (nSPS) is 14.1. The highest BCUT2D eigenvalue weighted by molar-refractivity contribution is 5.79. The molecule has 1 atom stereocenters. The van der Waals surface area contributed by atoms with Crippen LogP contribution in [0.25, 0.3) is 0 Å². The number of rotatable bonds is 8. The molecule has 0 heterocycles. The van der Waals surface area contributed by atoms with E-state index >= 15 is 0 Å². The van der Waals surface area contributed by atoms with Crippen LogP contribution in [-0.2, 0) is 0 Å². The predicted octanol–water partition coefficient (Wildman–Crippen LogP) is 1.93. The van der Waals surface area contributed by atoms with Crippen molar-refractivity contribution in [2.45, 2.75) is 46.6 Å². The average Bonchev–Trinajstić information content (AvgIpc) is 2.35. The summed E-state index contributed by atoms with van der Waals surface area (Å²) in [6.45, 7) is 11.9. The Morgan fingerprint density at radius 3 is 2.28 bits per heavy atom. The fourth-order valence-corrected chi connectivity index (χ4v) is 1.58. The first kappa shape index (κ1) is 17.2. The molecule has 0 saturated carbocycles. The lowest BCUT2D eigenvalue weighted by atomic mass is 10.1. The minimum Gasteiger partial charge on any atom is -0.356 e. The SMILES string of the molecule is CCC(C)N(C)CCNC(=NC)NCCC(C)C. The average molecular weight is 256 g/mol. The lowest BCUT2D eigenvalue weighted by molar-refractivity contribution is 0.255. The van der Waals surface area contributed by atoms with Crippen LogP contribution in [0.4, 0.5) is 0 Å². The molecular weight excluding hydrogens is 224 g/mol. The summed E-state index contributed by atoms with van der Waals surface area (Å²) in [6.07, 6.45) is 2.37. The molecule has 4 heteroatoms. The molecule has 0 aliphatic heterocycles. The van der Waals surface area contributed by atoms with Gasteiger partial charge in [-0.15, -0.1) is 0 Å². The van der Waals surface area contributed by atoms with Crippen LogP contribution in [0.3, 0.4) is 0 Å². The molecule has 0 aromatic carbocycles. The van der Waals surface area contributed by atoms with Gasteiger partial charge in [-0.05, 0) is 32.7 Å². The van der Waals surface area contributed by atoms with E-state index in [9.17, 15) is 0 Å². The third-order valence-electron chi connectivity index (χ3n) is 3.34. The zero-order valence-electron chi connectivity index (χ0n) is 13.1. The van der Waals surface area contributed by atoms with Crippen molar-refractivity contribution in [3.8, 4) is 0 Å². The van der Waals surface area contributed by atoms with E-state index in [4.69, 9.17) is 0 Å². The van der Waals surface area contributed by atoms with Crippen molar-refractivity contribution in [1.82, 2.24) is 15.5 Å². The number of nitrogens with zero attached hydrogens (tertiary/aromatic N) is 2. The van der Waals surface area contributed by atoms with Crippen LogP contribution < -0.4 is 10.6 Å². The Morgan fingerprint density at radius 1 is 1.17 bits per heavy atom. The Balaban J connectivity index is 3.75. The maximum atomic E-state index is 4.22. The predicted molar refractivity (Wildman–Crippen MR) is 81.2 cm³/mol. The van der Waals surface area contributed by atoms with Gasteiger partial charge in [0, 0.05) is 32.7 Å². The van der Waals surface area contributed by atoms with Crippen molar-refractivity contribution >= 4 is 5.96 Å². The standard InChI is InChI=1S/C14H32N4/c1-7-13(4)18(6)11-10-17-14(15-5)16-9-8-12(2)3/h12-13H,7-11H2,1-6H3,(H2,15,16,17). The fourth-order valence-electron chi connectivity index (χ4n) is 1.58. The molecule has 0 radical (unpaired) electrons. The zero-order valence-corrected chi connectivity index (χ0v) is 13.1. The first-order chi connectivity index (χ1) is 8.51. The van der Waals surface area contributed by atoms with Crippen LogP contribution in [0.2, 0.25) is 0 Å². The van der Waals surface area contributed by atoms with Gasteiger partial charge in [0.05, 0.1) is 0 Å². The smallest absolute Gasteiger partial charge is 0.191 e. The summed E-state index contributed by atoms with van der Waals surface area (Å²) in [5.41, 5.74) is 0. The summed E-state index contributed by atoms with van der Waals surface area (Å²) >= 11 is 0. The molecule has 0 rings (SSSR count). The molecular formula is C14H32N4. The minimum absolute atomic E-state index is 0.641. The molecule has 4 nitrogen and oxygen atoms in total. The van der Waals surface area contributed by atoms with Gasteiger partial charge in [-0.3, -0.25) is 4.99 Å². The van der Waals surface area contributed by atoms with E-state index in [1.54, 1.807) is 0 Å². The van der Waals surface area contributed by atoms with Gasteiger partial charge in [-0.25, -0.2) is 0 Å². The molecule has 2 N–H and O–H groups in total. The Kier molecular flexibility index (Phi) is 9.74. The van der Waals surface area contributed by atoms with Crippen molar-refractivity contribution in [2.24, 2.45) is 10.9 Å². The Bertz CT molecular complexity index is 226. The lowest BCUT2D eigenvalue weighted by Gasteiger charge is -2.24. The molecule has 0 bridgehead atoms. The van der Waals surface area contributed by atoms with Crippen LogP contribution in [0, 0.1) is 5.92 Å². The first-order valence-corrected chi connectivity index (χ1v) is 7.16. The second-order valence-electron chi connectivity index (χ2n) is 5.35. The second-order valence-corrected chi connectivity index (χ2v) is 5.35. The van der Waals surface area contributed by atoms with E-state index in [1.807, 2.05) is 7.05 Å². The topological polar surface area (TPSA) is 39.7 Å². The maximum Gasteiger partial charge on any atom is 0.191 e. The van der Waals surface area contributed by atoms with E-state index in [0.29, 0.717) is 6.04 Å². The number of hydrogen-bond donors (Lipinski definition) is 2. The Labute approximate surface area is 113 Å². The van der Waals surface area contributed by atoms with Gasteiger partial charge < -0.3 is 15.5 Å². The number of likely N-dealkylation sites (N-methyl/N-ethyl adjacent to an activating group) is 1. The minimum atomic E-state index is 0.641. The first-order valence-electron chi connectivity index (χ1n) is 7.16. The van der Waals surface area contributed by atoms with Crippen molar-refractivity contribution in [1.29, 1.82) is 0 Å². The third-order valence-corrected chi connectivity index (χ3v) is 3.34. The molecule has 0 aromatic heterocycles. The van der Waals surface area contributed by atoms with Gasteiger partial charge in [0.25, 0.3) is 0 Å². The summed E-state index contributed by atoms with van der Waals surface area (Å²) < 4.78 is 0. The highest BCUT2D eigenvalue weighted by Gasteiger charge is 2.06. The number of guanidine groups is 1. The van der Waals surface area contributed by atoms with Gasteiger partial charge in [-0.2, -0.15) is 0 Å². The lowest BCUT2D eigenvalue weighted by Crippen LogP contribution is -2.42. The number of aliphatic imine (C=N–C) groups is 1. The molecule has 18 heavy (non-hydrogen) atoms. The van der Waals surface area contributed by atoms with E-state index < -0.39 is 0 Å². The molecule has 108 valence electrons. The van der Waals surface area contributed by atoms with Gasteiger partial charge in [0.1, 0.15) is 0 Å². The van der Waals surface area contributed by atoms with Crippen molar-refractivity contribution in [3.05, 3.63) is 0 Å². The van der Waals surface area contributed by atoms with E-state index in [1.165, 1.54) is 12.8 Å². The van der Waals surface area contributed by atoms with E-state index in [0.717, 1.165) is 31.5 Å². The zero-order chi connectivity index (χ0) is 14.0. The molecule has 0 amide bonds. The summed E-state index contributed by atoms with van der Waals surface area (Å²) in [5, 5.41) is 6.69. The number of hydrogen-bond acceptors (Lipinski definition) is 2. The summed E-state index contributed by atoms with van der Waals surface area (Å²) in [6, 6.07) is 0.641. The summed E-state index contributed by atoms with van der Waals surface area (Å²) in [7, 11) is 3.99. The molecule has 0 aliphatic carbocycles. The highest BCUT2D eigenvalue weighted by atomic mass is 15.2. The van der Waals surface area contributed by atoms with Crippen LogP contribution >= 0.6 is 0 Å². The molecule has 0 aliphatic rings. The van der Waals surface area contributed by atoms with Crippen LogP contribution in [0.15, 0.2) is 4.99 Å². The molecule has 0 spiro atoms. The van der Waals surface area contributed by atoms with Crippen molar-refractivity contribution < 1.29 is 0 Å². The second kappa shape index (κ2) is 10.2. The summed E-state index contributed by atoms with van der Waals surface area (Å²) in [5.74, 6) is 1.64. The van der Waals surface area contributed by atoms with Crippen LogP contribution in [0.5, 0.6) is 0 Å². The van der Waals surface area contributed by atoms with Crippen LogP contribution in [-0.4, -0.2) is 50.6 Å². The van der Waals surface area contributed by atoms with Crippen LogP contribution in [0.1, 0.15) is 40.5 Å². The monoisotopic (exact) mass is 256 g/mol. The Hall–Kier alpha value is -0.770. The van der Waals surface area contributed by atoms with Crippen molar-refractivity contribution in [2.75, 3.05) is 33.7 Å². The largest absolute Gasteiger partial charge is 0.356 e. The highest BCUT2D eigenvalue weighted by Crippen LogP contribution is 1.98. The molecule has 0 fully saturated rings. The third kappa shape index (κ3) is 8.34. The van der Waals surface area contributed by atoms with Gasteiger partial charge in [0.2, 0.25) is 0 Å². The summed E-state index contributed by atoms with van der Waals surface area (Å²) in [4.78, 5) is 6.59. The van der Waals surface area contributed by atoms with E-state index in [-0.39, 0.29) is 0 Å².